The van der Waals surface area contributed by atoms with Crippen LogP contribution in [-0.4, -0.2) is 46.1 Å². The lowest BCUT2D eigenvalue weighted by Gasteiger charge is -2.35. The highest BCUT2D eigenvalue weighted by Gasteiger charge is 2.36. The number of unbranched alkanes of at least 4 members (excludes halogenated alkanes) is 4. The number of hydrogen-bond donors (Lipinski definition) is 3. The van der Waals surface area contributed by atoms with Crippen molar-refractivity contribution in [2.24, 2.45) is 5.92 Å². The van der Waals surface area contributed by atoms with Gasteiger partial charge in [-0.15, -0.1) is 0 Å². The largest absolute Gasteiger partial charge is 0.508 e. The summed E-state index contributed by atoms with van der Waals surface area (Å²) in [6.45, 7) is 13.7. The van der Waals surface area contributed by atoms with Gasteiger partial charge in [0.25, 0.3) is 5.91 Å². The first-order valence-electron chi connectivity index (χ1n) is 14.8. The summed E-state index contributed by atoms with van der Waals surface area (Å²) in [6.07, 6.45) is 4.54. The number of alkyl carbamates (subject to hydrolysis) is 1. The number of nitrogens with one attached hydrogen (secondary N) is 2. The van der Waals surface area contributed by atoms with Crippen molar-refractivity contribution in [1.82, 2.24) is 10.2 Å². The molecule has 2 atom stereocenters. The van der Waals surface area contributed by atoms with Crippen molar-refractivity contribution in [2.45, 2.75) is 105 Å². The third-order valence-corrected chi connectivity index (χ3v) is 6.65. The van der Waals surface area contributed by atoms with Gasteiger partial charge in [0.15, 0.2) is 0 Å². The van der Waals surface area contributed by atoms with Gasteiger partial charge in [-0.1, -0.05) is 76.8 Å². The van der Waals surface area contributed by atoms with Gasteiger partial charge in [-0.25, -0.2) is 4.79 Å². The van der Waals surface area contributed by atoms with Crippen LogP contribution < -0.4 is 10.6 Å². The molecule has 0 radical (unpaired) electrons. The van der Waals surface area contributed by atoms with E-state index in [1.165, 1.54) is 12.1 Å². The average Bonchev–Trinajstić information content (AvgIpc) is 2.88. The van der Waals surface area contributed by atoms with Crippen molar-refractivity contribution in [1.29, 1.82) is 0 Å². The lowest BCUT2D eigenvalue weighted by atomic mass is 9.98. The molecule has 226 valence electrons. The average molecular weight is 568 g/mol. The number of amides is 3. The molecule has 0 bridgehead atoms. The van der Waals surface area contributed by atoms with Gasteiger partial charge in [0.2, 0.25) is 5.91 Å². The first kappa shape index (κ1) is 33.7. The molecule has 0 aliphatic rings. The Bertz CT molecular complexity index is 1120. The topological polar surface area (TPSA) is 108 Å². The monoisotopic (exact) mass is 567 g/mol. The zero-order chi connectivity index (χ0) is 30.6. The van der Waals surface area contributed by atoms with Crippen LogP contribution in [0.5, 0.6) is 5.75 Å². The molecule has 2 unspecified atom stereocenters. The number of para-hydroxylation sites is 1. The Balaban J connectivity index is 2.52. The molecule has 0 spiro atoms. The molecule has 41 heavy (non-hydrogen) atoms. The van der Waals surface area contributed by atoms with Crippen molar-refractivity contribution in [2.75, 3.05) is 11.9 Å². The molecule has 0 aliphatic heterocycles. The molecule has 2 rings (SSSR count). The van der Waals surface area contributed by atoms with Crippen LogP contribution in [-0.2, 0) is 14.3 Å². The van der Waals surface area contributed by atoms with E-state index in [9.17, 15) is 19.5 Å². The van der Waals surface area contributed by atoms with Crippen molar-refractivity contribution < 1.29 is 24.2 Å². The van der Waals surface area contributed by atoms with Crippen molar-refractivity contribution >= 4 is 23.6 Å². The van der Waals surface area contributed by atoms with Crippen LogP contribution in [0.3, 0.4) is 0 Å². The summed E-state index contributed by atoms with van der Waals surface area (Å²) >= 11 is 0. The van der Waals surface area contributed by atoms with Gasteiger partial charge in [0, 0.05) is 12.2 Å². The zero-order valence-corrected chi connectivity index (χ0v) is 25.8. The molecular weight excluding hydrogens is 518 g/mol. The molecule has 0 saturated carbocycles. The molecule has 8 heteroatoms. The van der Waals surface area contributed by atoms with E-state index in [2.05, 4.69) is 17.6 Å². The van der Waals surface area contributed by atoms with E-state index in [1.807, 2.05) is 45.0 Å². The van der Waals surface area contributed by atoms with Crippen LogP contribution in [0.4, 0.5) is 10.5 Å². The minimum absolute atomic E-state index is 0.0635. The molecule has 2 aromatic carbocycles. The van der Waals surface area contributed by atoms with Gasteiger partial charge >= 0.3 is 6.09 Å². The van der Waals surface area contributed by atoms with Gasteiger partial charge < -0.3 is 25.4 Å². The summed E-state index contributed by atoms with van der Waals surface area (Å²) in [6, 6.07) is 12.0. The molecule has 0 saturated heterocycles. The van der Waals surface area contributed by atoms with E-state index in [0.29, 0.717) is 30.6 Å². The highest BCUT2D eigenvalue weighted by atomic mass is 16.6. The normalized spacial score (nSPS) is 12.9. The summed E-state index contributed by atoms with van der Waals surface area (Å²) in [5.74, 6) is -0.558. The Morgan fingerprint density at radius 2 is 1.59 bits per heavy atom. The number of phenolic OH excluding ortho intramolecular Hbond substituents is 1. The first-order valence-corrected chi connectivity index (χ1v) is 14.8. The molecule has 3 N–H and O–H groups in total. The molecule has 2 aromatic rings. The second-order valence-electron chi connectivity index (χ2n) is 12.1. The predicted molar refractivity (Wildman–Crippen MR) is 164 cm³/mol. The molecule has 0 aliphatic carbocycles. The van der Waals surface area contributed by atoms with E-state index in [4.69, 9.17) is 4.74 Å². The Morgan fingerprint density at radius 3 is 2.17 bits per heavy atom. The molecule has 0 fully saturated rings. The minimum atomic E-state index is -0.982. The van der Waals surface area contributed by atoms with Crippen LogP contribution in [0, 0.1) is 12.8 Å². The Kier molecular flexibility index (Phi) is 13.2. The molecule has 0 heterocycles. The van der Waals surface area contributed by atoms with Gasteiger partial charge in [0.05, 0.1) is 0 Å². The summed E-state index contributed by atoms with van der Waals surface area (Å²) in [4.78, 5) is 42.7. The lowest BCUT2D eigenvalue weighted by Crippen LogP contribution is -2.53. The smallest absolute Gasteiger partial charge is 0.408 e. The highest BCUT2D eigenvalue weighted by molar-refractivity contribution is 5.99. The molecule has 3 amide bonds. The molecule has 0 aromatic heterocycles. The Labute approximate surface area is 245 Å². The zero-order valence-electron chi connectivity index (χ0n) is 25.8. The van der Waals surface area contributed by atoms with E-state index in [1.54, 1.807) is 37.8 Å². The van der Waals surface area contributed by atoms with E-state index >= 15 is 0 Å². The number of aryl methyl sites for hydroxylation is 1. The second-order valence-corrected chi connectivity index (χ2v) is 12.1. The summed E-state index contributed by atoms with van der Waals surface area (Å²) in [5, 5.41) is 15.8. The van der Waals surface area contributed by atoms with E-state index in [0.717, 1.165) is 31.2 Å². The quantitative estimate of drug-likeness (QED) is 0.211. The van der Waals surface area contributed by atoms with Crippen molar-refractivity contribution in [3.63, 3.8) is 0 Å². The fourth-order valence-corrected chi connectivity index (χ4v) is 4.64. The van der Waals surface area contributed by atoms with Gasteiger partial charge in [-0.05, 0) is 75.8 Å². The summed E-state index contributed by atoms with van der Waals surface area (Å²) in [7, 11) is 0. The third-order valence-electron chi connectivity index (χ3n) is 6.65. The first-order chi connectivity index (χ1) is 19.3. The van der Waals surface area contributed by atoms with Crippen LogP contribution in [0.25, 0.3) is 0 Å². The Morgan fingerprint density at radius 1 is 0.951 bits per heavy atom. The SMILES string of the molecule is CCCCCCCN(C(=O)C(CC(C)C)NC(=O)OC(C)(C)C)C(C(=O)Nc1ccccc1C)c1ccc(O)cc1. The lowest BCUT2D eigenvalue weighted by molar-refractivity contribution is -0.141. The minimum Gasteiger partial charge on any atom is -0.508 e. The number of rotatable bonds is 14. The van der Waals surface area contributed by atoms with Crippen LogP contribution >= 0.6 is 0 Å². The number of carbonyl (C=O) groups is 3. The third kappa shape index (κ3) is 11.5. The Hall–Kier alpha value is -3.55. The summed E-state index contributed by atoms with van der Waals surface area (Å²) < 4.78 is 5.48. The number of nitrogens with zero attached hydrogens (tertiary/aromatic N) is 1. The predicted octanol–water partition coefficient (Wildman–Crippen LogP) is 7.12. The highest BCUT2D eigenvalue weighted by Crippen LogP contribution is 2.28. The molecular formula is C33H49N3O5. The number of hydrogen-bond acceptors (Lipinski definition) is 5. The fraction of sp³-hybridized carbons (Fsp3) is 0.545. The maximum absolute atomic E-state index is 14.3. The van der Waals surface area contributed by atoms with Gasteiger partial charge in [0.1, 0.15) is 23.4 Å². The van der Waals surface area contributed by atoms with Crippen molar-refractivity contribution in [3.05, 3.63) is 59.7 Å². The maximum Gasteiger partial charge on any atom is 0.408 e. The van der Waals surface area contributed by atoms with Crippen LogP contribution in [0.15, 0.2) is 48.5 Å². The van der Waals surface area contributed by atoms with Crippen molar-refractivity contribution in [3.8, 4) is 5.75 Å². The van der Waals surface area contributed by atoms with Gasteiger partial charge in [-0.3, -0.25) is 9.59 Å². The number of carbonyl (C=O) groups excluding carboxylic acids is 3. The van der Waals surface area contributed by atoms with Crippen LogP contribution in [0.1, 0.15) is 97.2 Å². The van der Waals surface area contributed by atoms with Gasteiger partial charge in [-0.2, -0.15) is 0 Å². The second kappa shape index (κ2) is 16.0. The standard InChI is InChI=1S/C33H49N3O5/c1-8-9-10-11-14-21-36(31(39)28(22-23(2)3)35-32(40)41-33(5,6)7)29(25-17-19-26(37)20-18-25)30(38)34-27-16-13-12-15-24(27)4/h12-13,15-20,23,28-29,37H,8-11,14,21-22H2,1-7H3,(H,34,38)(H,35,40). The van der Waals surface area contributed by atoms with E-state index in [-0.39, 0.29) is 23.5 Å². The summed E-state index contributed by atoms with van der Waals surface area (Å²) in [5.41, 5.74) is 1.39. The molecule has 8 nitrogen and oxygen atoms in total. The number of phenols is 1. The number of ether oxygens (including phenoxy) is 1. The number of aromatic hydroxyl groups is 1. The fourth-order valence-electron chi connectivity index (χ4n) is 4.64. The van der Waals surface area contributed by atoms with Crippen LogP contribution in [0.2, 0.25) is 0 Å². The van der Waals surface area contributed by atoms with E-state index < -0.39 is 23.8 Å². The number of anilines is 1. The number of benzene rings is 2. The maximum atomic E-state index is 14.3.